The molecule has 5 heteroatoms. The molecule has 0 aromatic heterocycles. The third kappa shape index (κ3) is 4.65. The highest BCUT2D eigenvalue weighted by Gasteiger charge is 1.96. The van der Waals surface area contributed by atoms with Crippen LogP contribution in [0, 0.1) is 0 Å². The van der Waals surface area contributed by atoms with Gasteiger partial charge < -0.3 is 4.90 Å². The van der Waals surface area contributed by atoms with E-state index in [1.54, 1.807) is 11.7 Å². The Hall–Kier alpha value is -1.88. The first-order valence-electron chi connectivity index (χ1n) is 5.33. The van der Waals surface area contributed by atoms with Crippen molar-refractivity contribution >= 4 is 17.8 Å². The van der Waals surface area contributed by atoms with Crippen molar-refractivity contribution in [3.63, 3.8) is 0 Å². The standard InChI is InChI=1S/C12H17N3O2/c1-15(2)11-5-3-10(4-6-11)9-13-8-7-12(16)14-17/h3-6,9,17H,7-8H2,1-2H3,(H,14,16). The molecule has 17 heavy (non-hydrogen) atoms. The largest absolute Gasteiger partial charge is 0.378 e. The van der Waals surface area contributed by atoms with Gasteiger partial charge in [-0.3, -0.25) is 15.0 Å². The van der Waals surface area contributed by atoms with Gasteiger partial charge in [-0.25, -0.2) is 5.48 Å². The number of rotatable bonds is 5. The van der Waals surface area contributed by atoms with Crippen molar-refractivity contribution in [3.8, 4) is 0 Å². The van der Waals surface area contributed by atoms with Gasteiger partial charge in [-0.1, -0.05) is 12.1 Å². The maximum Gasteiger partial charge on any atom is 0.245 e. The minimum Gasteiger partial charge on any atom is -0.378 e. The number of carbonyl (C=O) groups is 1. The van der Waals surface area contributed by atoms with Gasteiger partial charge >= 0.3 is 0 Å². The Kier molecular flexibility index (Phi) is 5.16. The number of carbonyl (C=O) groups excluding carboxylic acids is 1. The number of hydrogen-bond acceptors (Lipinski definition) is 4. The van der Waals surface area contributed by atoms with E-state index < -0.39 is 5.91 Å². The fourth-order valence-corrected chi connectivity index (χ4v) is 1.25. The molecule has 1 amide bonds. The smallest absolute Gasteiger partial charge is 0.245 e. The zero-order chi connectivity index (χ0) is 12.7. The number of aliphatic imine (C=N–C) groups is 1. The lowest BCUT2D eigenvalue weighted by atomic mass is 10.2. The summed E-state index contributed by atoms with van der Waals surface area (Å²) in [4.78, 5) is 16.8. The third-order valence-electron chi connectivity index (χ3n) is 2.24. The van der Waals surface area contributed by atoms with E-state index >= 15 is 0 Å². The van der Waals surface area contributed by atoms with Gasteiger partial charge in [0.05, 0.1) is 0 Å². The topological polar surface area (TPSA) is 64.9 Å². The van der Waals surface area contributed by atoms with Crippen LogP contribution in [-0.2, 0) is 4.79 Å². The molecule has 0 radical (unpaired) electrons. The van der Waals surface area contributed by atoms with Gasteiger partial charge in [0.25, 0.3) is 0 Å². The molecule has 92 valence electrons. The fraction of sp³-hybridized carbons (Fsp3) is 0.333. The quantitative estimate of drug-likeness (QED) is 0.456. The highest BCUT2D eigenvalue weighted by atomic mass is 16.5. The van der Waals surface area contributed by atoms with Crippen molar-refractivity contribution in [1.29, 1.82) is 0 Å². The lowest BCUT2D eigenvalue weighted by molar-refractivity contribution is -0.128. The SMILES string of the molecule is CN(C)c1ccc(C=NCCC(=O)NO)cc1. The molecule has 0 spiro atoms. The number of amides is 1. The Labute approximate surface area is 101 Å². The zero-order valence-electron chi connectivity index (χ0n) is 10.1. The predicted molar refractivity (Wildman–Crippen MR) is 67.8 cm³/mol. The number of anilines is 1. The van der Waals surface area contributed by atoms with Gasteiger partial charge in [0.2, 0.25) is 5.91 Å². The summed E-state index contributed by atoms with van der Waals surface area (Å²) >= 11 is 0. The minimum atomic E-state index is -0.426. The molecule has 1 aromatic carbocycles. The van der Waals surface area contributed by atoms with Gasteiger partial charge in [-0.15, -0.1) is 0 Å². The van der Waals surface area contributed by atoms with Gasteiger partial charge in [0, 0.05) is 39.0 Å². The second kappa shape index (κ2) is 6.65. The number of hydrogen-bond donors (Lipinski definition) is 2. The van der Waals surface area contributed by atoms with Gasteiger partial charge in [-0.2, -0.15) is 0 Å². The van der Waals surface area contributed by atoms with E-state index in [0.717, 1.165) is 11.3 Å². The van der Waals surface area contributed by atoms with Crippen molar-refractivity contribution < 1.29 is 10.0 Å². The summed E-state index contributed by atoms with van der Waals surface area (Å²) in [7, 11) is 3.97. The first-order valence-corrected chi connectivity index (χ1v) is 5.33. The van der Waals surface area contributed by atoms with E-state index in [2.05, 4.69) is 4.99 Å². The van der Waals surface area contributed by atoms with E-state index in [4.69, 9.17) is 5.21 Å². The second-order valence-corrected chi connectivity index (χ2v) is 3.81. The molecule has 0 aliphatic rings. The van der Waals surface area contributed by atoms with Crippen LogP contribution in [0.15, 0.2) is 29.3 Å². The van der Waals surface area contributed by atoms with Crippen molar-refractivity contribution in [1.82, 2.24) is 5.48 Å². The number of benzene rings is 1. The third-order valence-corrected chi connectivity index (χ3v) is 2.24. The molecule has 0 unspecified atom stereocenters. The van der Waals surface area contributed by atoms with Crippen LogP contribution in [0.3, 0.4) is 0 Å². The molecule has 0 bridgehead atoms. The summed E-state index contributed by atoms with van der Waals surface area (Å²) in [6.07, 6.45) is 1.90. The Morgan fingerprint density at radius 2 is 2.06 bits per heavy atom. The average Bonchev–Trinajstić information content (AvgIpc) is 2.34. The van der Waals surface area contributed by atoms with Crippen LogP contribution in [0.25, 0.3) is 0 Å². The number of nitrogens with one attached hydrogen (secondary N) is 1. The first kappa shape index (κ1) is 13.2. The van der Waals surface area contributed by atoms with E-state index in [1.165, 1.54) is 0 Å². The summed E-state index contributed by atoms with van der Waals surface area (Å²) in [6, 6.07) is 7.93. The van der Waals surface area contributed by atoms with Crippen LogP contribution in [0.4, 0.5) is 5.69 Å². The molecule has 0 saturated heterocycles. The van der Waals surface area contributed by atoms with Crippen molar-refractivity contribution in [3.05, 3.63) is 29.8 Å². The predicted octanol–water partition coefficient (Wildman–Crippen LogP) is 1.07. The van der Waals surface area contributed by atoms with E-state index in [9.17, 15) is 4.79 Å². The van der Waals surface area contributed by atoms with Crippen molar-refractivity contribution in [2.24, 2.45) is 4.99 Å². The number of nitrogens with zero attached hydrogens (tertiary/aromatic N) is 2. The molecule has 0 heterocycles. The Morgan fingerprint density at radius 1 is 1.41 bits per heavy atom. The summed E-state index contributed by atoms with van der Waals surface area (Å²) in [5.41, 5.74) is 3.68. The highest BCUT2D eigenvalue weighted by molar-refractivity contribution is 5.81. The van der Waals surface area contributed by atoms with Gasteiger partial charge in [0.15, 0.2) is 0 Å². The molecule has 2 N–H and O–H groups in total. The summed E-state index contributed by atoms with van der Waals surface area (Å²) < 4.78 is 0. The van der Waals surface area contributed by atoms with Gasteiger partial charge in [-0.05, 0) is 17.7 Å². The Morgan fingerprint density at radius 3 is 2.59 bits per heavy atom. The zero-order valence-corrected chi connectivity index (χ0v) is 10.1. The minimum absolute atomic E-state index is 0.183. The van der Waals surface area contributed by atoms with E-state index in [1.807, 2.05) is 43.3 Å². The van der Waals surface area contributed by atoms with Crippen LogP contribution in [-0.4, -0.2) is 38.0 Å². The summed E-state index contributed by atoms with van der Waals surface area (Å²) in [6.45, 7) is 0.363. The molecule has 1 rings (SSSR count). The average molecular weight is 235 g/mol. The van der Waals surface area contributed by atoms with Crippen LogP contribution in [0.5, 0.6) is 0 Å². The molecule has 0 aliphatic carbocycles. The highest BCUT2D eigenvalue weighted by Crippen LogP contribution is 2.10. The lowest BCUT2D eigenvalue weighted by Crippen LogP contribution is -2.18. The second-order valence-electron chi connectivity index (χ2n) is 3.81. The van der Waals surface area contributed by atoms with Crippen LogP contribution >= 0.6 is 0 Å². The maximum absolute atomic E-state index is 10.7. The van der Waals surface area contributed by atoms with Crippen LogP contribution in [0.2, 0.25) is 0 Å². The van der Waals surface area contributed by atoms with Crippen LogP contribution in [0.1, 0.15) is 12.0 Å². The fourth-order valence-electron chi connectivity index (χ4n) is 1.25. The summed E-state index contributed by atoms with van der Waals surface area (Å²) in [5, 5.41) is 8.28. The van der Waals surface area contributed by atoms with E-state index in [0.29, 0.717) is 6.54 Å². The van der Waals surface area contributed by atoms with Crippen molar-refractivity contribution in [2.45, 2.75) is 6.42 Å². The Balaban J connectivity index is 2.46. The molecule has 1 aromatic rings. The first-order chi connectivity index (χ1) is 8.13. The maximum atomic E-state index is 10.7. The van der Waals surface area contributed by atoms with Gasteiger partial charge in [0.1, 0.15) is 0 Å². The lowest BCUT2D eigenvalue weighted by Gasteiger charge is -2.11. The number of hydroxylamine groups is 1. The summed E-state index contributed by atoms with van der Waals surface area (Å²) in [5.74, 6) is -0.426. The monoisotopic (exact) mass is 235 g/mol. The molecular formula is C12H17N3O2. The molecule has 0 saturated carbocycles. The Bertz CT molecular complexity index is 385. The molecule has 0 atom stereocenters. The van der Waals surface area contributed by atoms with Crippen molar-refractivity contribution in [2.75, 3.05) is 25.5 Å². The molecule has 0 aliphatic heterocycles. The molecule has 5 nitrogen and oxygen atoms in total. The molecular weight excluding hydrogens is 218 g/mol. The van der Waals surface area contributed by atoms with E-state index in [-0.39, 0.29) is 6.42 Å². The molecule has 0 fully saturated rings. The normalized spacial score (nSPS) is 10.5. The van der Waals surface area contributed by atoms with Crippen LogP contribution < -0.4 is 10.4 Å².